The molecular formula is C13H14F3N3. The number of hydrogen-bond acceptors (Lipinski definition) is 2. The van der Waals surface area contributed by atoms with Gasteiger partial charge >= 0.3 is 0 Å². The van der Waals surface area contributed by atoms with Crippen molar-refractivity contribution in [3.63, 3.8) is 0 Å². The predicted molar refractivity (Wildman–Crippen MR) is 65.4 cm³/mol. The lowest BCUT2D eigenvalue weighted by molar-refractivity contribution is 0.443. The molecule has 2 aromatic rings. The van der Waals surface area contributed by atoms with Crippen molar-refractivity contribution in [2.24, 2.45) is 0 Å². The van der Waals surface area contributed by atoms with Crippen molar-refractivity contribution in [3.05, 3.63) is 47.5 Å². The van der Waals surface area contributed by atoms with Gasteiger partial charge in [-0.2, -0.15) is 5.10 Å². The molecule has 2 rings (SSSR count). The van der Waals surface area contributed by atoms with Crippen LogP contribution in [0.2, 0.25) is 0 Å². The molecule has 0 atom stereocenters. The van der Waals surface area contributed by atoms with Crippen LogP contribution in [0.25, 0.3) is 5.69 Å². The summed E-state index contributed by atoms with van der Waals surface area (Å²) < 4.78 is 40.7. The third kappa shape index (κ3) is 2.96. The van der Waals surface area contributed by atoms with Gasteiger partial charge in [-0.1, -0.05) is 6.92 Å². The highest BCUT2D eigenvalue weighted by Gasteiger charge is 2.15. The van der Waals surface area contributed by atoms with Gasteiger partial charge in [0.2, 0.25) is 0 Å². The molecule has 0 aliphatic carbocycles. The van der Waals surface area contributed by atoms with E-state index in [9.17, 15) is 13.2 Å². The Hall–Kier alpha value is -1.82. The maximum atomic E-state index is 13.6. The van der Waals surface area contributed by atoms with Crippen LogP contribution in [0.4, 0.5) is 13.2 Å². The monoisotopic (exact) mass is 269 g/mol. The smallest absolute Gasteiger partial charge is 0.196 e. The lowest BCUT2D eigenvalue weighted by Crippen LogP contribution is -2.14. The van der Waals surface area contributed by atoms with Gasteiger partial charge in [-0.15, -0.1) is 0 Å². The van der Waals surface area contributed by atoms with Crippen molar-refractivity contribution in [2.45, 2.75) is 19.9 Å². The summed E-state index contributed by atoms with van der Waals surface area (Å²) in [5.74, 6) is -3.94. The van der Waals surface area contributed by atoms with Crippen molar-refractivity contribution < 1.29 is 13.2 Å². The molecule has 0 saturated carbocycles. The van der Waals surface area contributed by atoms with Crippen LogP contribution in [0.3, 0.4) is 0 Å². The Morgan fingerprint density at radius 2 is 1.95 bits per heavy atom. The van der Waals surface area contributed by atoms with Crippen LogP contribution in [0.1, 0.15) is 19.0 Å². The van der Waals surface area contributed by atoms with E-state index in [0.717, 1.165) is 25.1 Å². The lowest BCUT2D eigenvalue weighted by Gasteiger charge is -2.04. The minimum atomic E-state index is -1.49. The topological polar surface area (TPSA) is 29.9 Å². The zero-order chi connectivity index (χ0) is 13.8. The molecule has 0 aliphatic rings. The van der Waals surface area contributed by atoms with E-state index in [2.05, 4.69) is 10.4 Å². The number of aromatic nitrogens is 2. The lowest BCUT2D eigenvalue weighted by atomic mass is 10.3. The van der Waals surface area contributed by atoms with Gasteiger partial charge < -0.3 is 5.32 Å². The fraction of sp³-hybridized carbons (Fsp3) is 0.308. The largest absolute Gasteiger partial charge is 0.311 e. The quantitative estimate of drug-likeness (QED) is 0.668. The number of nitrogens with one attached hydrogen (secondary N) is 1. The maximum absolute atomic E-state index is 13.6. The molecule has 19 heavy (non-hydrogen) atoms. The van der Waals surface area contributed by atoms with Gasteiger partial charge in [0.15, 0.2) is 17.5 Å². The van der Waals surface area contributed by atoms with Crippen LogP contribution >= 0.6 is 0 Å². The summed E-state index contributed by atoms with van der Waals surface area (Å²) >= 11 is 0. The normalized spacial score (nSPS) is 10.9. The highest BCUT2D eigenvalue weighted by Crippen LogP contribution is 2.18. The van der Waals surface area contributed by atoms with Crippen molar-refractivity contribution in [3.8, 4) is 5.69 Å². The summed E-state index contributed by atoms with van der Waals surface area (Å²) in [7, 11) is 0. The molecule has 0 bridgehead atoms. The van der Waals surface area contributed by atoms with Crippen LogP contribution in [-0.2, 0) is 6.54 Å². The van der Waals surface area contributed by atoms with Crippen molar-refractivity contribution >= 4 is 0 Å². The molecule has 0 aliphatic heterocycles. The van der Waals surface area contributed by atoms with Crippen LogP contribution < -0.4 is 5.32 Å². The molecular weight excluding hydrogens is 255 g/mol. The van der Waals surface area contributed by atoms with Crippen LogP contribution in [-0.4, -0.2) is 16.3 Å². The highest BCUT2D eigenvalue weighted by atomic mass is 19.2. The third-order valence-corrected chi connectivity index (χ3v) is 2.64. The van der Waals surface area contributed by atoms with Gasteiger partial charge in [0.1, 0.15) is 5.69 Å². The van der Waals surface area contributed by atoms with E-state index in [1.807, 2.05) is 6.92 Å². The fourth-order valence-electron chi connectivity index (χ4n) is 1.68. The van der Waals surface area contributed by atoms with Gasteiger partial charge in [0.05, 0.1) is 5.69 Å². The maximum Gasteiger partial charge on any atom is 0.196 e. The summed E-state index contributed by atoms with van der Waals surface area (Å²) in [6.07, 6.45) is 2.51. The first-order valence-corrected chi connectivity index (χ1v) is 6.02. The Morgan fingerprint density at radius 3 is 2.68 bits per heavy atom. The standard InChI is InChI=1S/C13H14F3N3/c1-2-6-17-8-9-5-7-19(18-9)11-4-3-10(14)12(15)13(11)16/h3-5,7,17H,2,6,8H2,1H3. The van der Waals surface area contributed by atoms with Gasteiger partial charge in [-0.3, -0.25) is 0 Å². The summed E-state index contributed by atoms with van der Waals surface area (Å²) in [5.41, 5.74) is 0.596. The molecule has 0 radical (unpaired) electrons. The van der Waals surface area contributed by atoms with Gasteiger partial charge in [-0.25, -0.2) is 17.9 Å². The van der Waals surface area contributed by atoms with E-state index in [1.165, 1.54) is 10.9 Å². The Balaban J connectivity index is 2.21. The van der Waals surface area contributed by atoms with Crippen molar-refractivity contribution in [1.29, 1.82) is 0 Å². The van der Waals surface area contributed by atoms with E-state index in [4.69, 9.17) is 0 Å². The minimum absolute atomic E-state index is 0.111. The fourth-order valence-corrected chi connectivity index (χ4v) is 1.68. The van der Waals surface area contributed by atoms with Gasteiger partial charge in [-0.05, 0) is 31.2 Å². The summed E-state index contributed by atoms with van der Waals surface area (Å²) in [6, 6.07) is 3.73. The molecule has 0 amide bonds. The Bertz CT molecular complexity index is 566. The summed E-state index contributed by atoms with van der Waals surface area (Å²) in [5, 5.41) is 7.26. The van der Waals surface area contributed by atoms with Crippen LogP contribution in [0, 0.1) is 17.5 Å². The molecule has 0 unspecified atom stereocenters. The Morgan fingerprint density at radius 1 is 1.16 bits per heavy atom. The number of rotatable bonds is 5. The second kappa shape index (κ2) is 5.88. The Kier molecular flexibility index (Phi) is 4.21. The summed E-state index contributed by atoms with van der Waals surface area (Å²) in [6.45, 7) is 3.45. The van der Waals surface area contributed by atoms with Crippen LogP contribution in [0.5, 0.6) is 0 Å². The first-order valence-electron chi connectivity index (χ1n) is 6.02. The zero-order valence-electron chi connectivity index (χ0n) is 10.5. The van der Waals surface area contributed by atoms with E-state index in [1.54, 1.807) is 6.07 Å². The average Bonchev–Trinajstić information content (AvgIpc) is 2.85. The van der Waals surface area contributed by atoms with E-state index in [-0.39, 0.29) is 5.69 Å². The predicted octanol–water partition coefficient (Wildman–Crippen LogP) is 2.79. The summed E-state index contributed by atoms with van der Waals surface area (Å²) in [4.78, 5) is 0. The molecule has 6 heteroatoms. The Labute approximate surface area is 109 Å². The molecule has 3 nitrogen and oxygen atoms in total. The van der Waals surface area contributed by atoms with Crippen LogP contribution in [0.15, 0.2) is 24.4 Å². The van der Waals surface area contributed by atoms with E-state index in [0.29, 0.717) is 12.2 Å². The van der Waals surface area contributed by atoms with E-state index < -0.39 is 17.5 Å². The number of nitrogens with zero attached hydrogens (tertiary/aromatic N) is 2. The zero-order valence-corrected chi connectivity index (χ0v) is 10.5. The first-order chi connectivity index (χ1) is 9.13. The molecule has 0 spiro atoms. The molecule has 1 N–H and O–H groups in total. The molecule has 1 aromatic heterocycles. The number of benzene rings is 1. The van der Waals surface area contributed by atoms with Crippen molar-refractivity contribution in [1.82, 2.24) is 15.1 Å². The number of halogens is 3. The average molecular weight is 269 g/mol. The first kappa shape index (κ1) is 13.6. The molecule has 102 valence electrons. The molecule has 0 fully saturated rings. The van der Waals surface area contributed by atoms with Gasteiger partial charge in [0.25, 0.3) is 0 Å². The third-order valence-electron chi connectivity index (χ3n) is 2.64. The second-order valence-corrected chi connectivity index (χ2v) is 4.12. The SMILES string of the molecule is CCCNCc1ccn(-c2ccc(F)c(F)c2F)n1. The second-order valence-electron chi connectivity index (χ2n) is 4.12. The molecule has 1 aromatic carbocycles. The minimum Gasteiger partial charge on any atom is -0.311 e. The highest BCUT2D eigenvalue weighted by molar-refractivity contribution is 5.34. The number of hydrogen-bond donors (Lipinski definition) is 1. The van der Waals surface area contributed by atoms with Gasteiger partial charge in [0, 0.05) is 12.7 Å². The van der Waals surface area contributed by atoms with Crippen molar-refractivity contribution in [2.75, 3.05) is 6.54 Å². The molecule has 0 saturated heterocycles. The molecule has 1 heterocycles. The van der Waals surface area contributed by atoms with E-state index >= 15 is 0 Å².